The van der Waals surface area contributed by atoms with E-state index in [0.717, 1.165) is 22.1 Å². The van der Waals surface area contributed by atoms with Crippen molar-refractivity contribution in [3.63, 3.8) is 0 Å². The van der Waals surface area contributed by atoms with Crippen molar-refractivity contribution in [2.45, 2.75) is 27.3 Å². The molecule has 0 atom stereocenters. The zero-order chi connectivity index (χ0) is 13.8. The monoisotopic (exact) mass is 258 g/mol. The lowest BCUT2D eigenvalue weighted by Crippen LogP contribution is -2.00. The van der Waals surface area contributed by atoms with Crippen molar-refractivity contribution in [3.05, 3.63) is 41.7 Å². The predicted molar refractivity (Wildman–Crippen MR) is 75.8 cm³/mol. The first-order valence-corrected chi connectivity index (χ1v) is 6.36. The van der Waals surface area contributed by atoms with Crippen molar-refractivity contribution in [1.29, 1.82) is 0 Å². The summed E-state index contributed by atoms with van der Waals surface area (Å²) in [5, 5.41) is 8.84. The Hall–Kier alpha value is -2.30. The minimum Gasteiger partial charge on any atom is -0.380 e. The number of aromatic nitrogens is 3. The highest BCUT2D eigenvalue weighted by atomic mass is 16.5. The SMILES string of the molecule is CC.Cc1cc(Cn2cccn2)cc2onc(N)c12. The largest absolute Gasteiger partial charge is 0.380 e. The van der Waals surface area contributed by atoms with E-state index in [0.29, 0.717) is 12.4 Å². The van der Waals surface area contributed by atoms with Crippen LogP contribution >= 0.6 is 0 Å². The quantitative estimate of drug-likeness (QED) is 0.767. The Kier molecular flexibility index (Phi) is 3.85. The molecule has 2 N–H and O–H groups in total. The second-order valence-corrected chi connectivity index (χ2v) is 4.06. The van der Waals surface area contributed by atoms with Crippen molar-refractivity contribution in [2.75, 3.05) is 5.73 Å². The molecule has 0 amide bonds. The van der Waals surface area contributed by atoms with Crippen LogP contribution in [0.2, 0.25) is 0 Å². The first-order chi connectivity index (χ1) is 9.24. The summed E-state index contributed by atoms with van der Waals surface area (Å²) in [6.07, 6.45) is 3.69. The second-order valence-electron chi connectivity index (χ2n) is 4.06. The lowest BCUT2D eigenvalue weighted by Gasteiger charge is -2.03. The molecular weight excluding hydrogens is 240 g/mol. The highest BCUT2D eigenvalue weighted by molar-refractivity contribution is 5.90. The number of fused-ring (bicyclic) bond motifs is 1. The summed E-state index contributed by atoms with van der Waals surface area (Å²) in [4.78, 5) is 0. The number of benzene rings is 1. The van der Waals surface area contributed by atoms with Crippen LogP contribution in [0.4, 0.5) is 5.82 Å². The highest BCUT2D eigenvalue weighted by Crippen LogP contribution is 2.25. The first kappa shape index (κ1) is 13.1. The van der Waals surface area contributed by atoms with Gasteiger partial charge in [0.1, 0.15) is 0 Å². The predicted octanol–water partition coefficient (Wildman–Crippen LogP) is 2.99. The Balaban J connectivity index is 0.000000637. The Bertz CT molecular complexity index is 655. The summed E-state index contributed by atoms with van der Waals surface area (Å²) in [5.74, 6) is 0.447. The van der Waals surface area contributed by atoms with E-state index < -0.39 is 0 Å². The van der Waals surface area contributed by atoms with Crippen LogP contribution in [0.3, 0.4) is 0 Å². The van der Waals surface area contributed by atoms with Gasteiger partial charge in [-0.1, -0.05) is 25.1 Å². The number of aryl methyl sites for hydroxylation is 1. The summed E-state index contributed by atoms with van der Waals surface area (Å²) in [6.45, 7) is 6.72. The Labute approximate surface area is 112 Å². The lowest BCUT2D eigenvalue weighted by molar-refractivity contribution is 0.460. The maximum Gasteiger partial charge on any atom is 0.175 e. The maximum absolute atomic E-state index is 5.74. The maximum atomic E-state index is 5.74. The van der Waals surface area contributed by atoms with Gasteiger partial charge in [-0.25, -0.2) is 0 Å². The first-order valence-electron chi connectivity index (χ1n) is 6.36. The third-order valence-corrected chi connectivity index (χ3v) is 2.76. The molecular formula is C14H18N4O. The summed E-state index contributed by atoms with van der Waals surface area (Å²) in [6, 6.07) is 5.93. The van der Waals surface area contributed by atoms with Gasteiger partial charge in [0.15, 0.2) is 11.4 Å². The molecule has 5 heteroatoms. The number of nitrogens with two attached hydrogens (primary N) is 1. The van der Waals surface area contributed by atoms with E-state index in [1.54, 1.807) is 6.20 Å². The molecule has 1 aromatic carbocycles. The third kappa shape index (κ3) is 2.59. The van der Waals surface area contributed by atoms with Crippen LogP contribution < -0.4 is 5.73 Å². The molecule has 0 fully saturated rings. The van der Waals surface area contributed by atoms with E-state index in [1.165, 1.54) is 0 Å². The van der Waals surface area contributed by atoms with Gasteiger partial charge >= 0.3 is 0 Å². The van der Waals surface area contributed by atoms with E-state index in [9.17, 15) is 0 Å². The number of anilines is 1. The van der Waals surface area contributed by atoms with E-state index in [4.69, 9.17) is 10.3 Å². The van der Waals surface area contributed by atoms with Crippen LogP contribution in [0.1, 0.15) is 25.0 Å². The molecule has 2 aromatic heterocycles. The van der Waals surface area contributed by atoms with Crippen molar-refractivity contribution < 1.29 is 4.52 Å². The Morgan fingerprint density at radius 3 is 2.79 bits per heavy atom. The van der Waals surface area contributed by atoms with E-state index in [-0.39, 0.29) is 0 Å². The molecule has 0 bridgehead atoms. The Morgan fingerprint density at radius 1 is 1.32 bits per heavy atom. The molecule has 0 saturated carbocycles. The number of hydrogen-bond acceptors (Lipinski definition) is 4. The Morgan fingerprint density at radius 2 is 2.11 bits per heavy atom. The molecule has 3 rings (SSSR count). The fourth-order valence-electron chi connectivity index (χ4n) is 2.04. The molecule has 100 valence electrons. The molecule has 0 spiro atoms. The lowest BCUT2D eigenvalue weighted by atomic mass is 10.1. The van der Waals surface area contributed by atoms with Gasteiger partial charge in [0.05, 0.1) is 11.9 Å². The van der Waals surface area contributed by atoms with Crippen molar-refractivity contribution in [1.82, 2.24) is 14.9 Å². The summed E-state index contributed by atoms with van der Waals surface area (Å²) in [7, 11) is 0. The fraction of sp³-hybridized carbons (Fsp3) is 0.286. The number of rotatable bonds is 2. The van der Waals surface area contributed by atoms with Gasteiger partial charge in [0, 0.05) is 12.4 Å². The summed E-state index contributed by atoms with van der Waals surface area (Å²) < 4.78 is 7.05. The molecule has 19 heavy (non-hydrogen) atoms. The molecule has 0 aliphatic rings. The summed E-state index contributed by atoms with van der Waals surface area (Å²) >= 11 is 0. The van der Waals surface area contributed by atoms with Crippen LogP contribution in [0.5, 0.6) is 0 Å². The average molecular weight is 258 g/mol. The van der Waals surface area contributed by atoms with Gasteiger partial charge in [-0.15, -0.1) is 0 Å². The van der Waals surface area contributed by atoms with Gasteiger partial charge in [-0.05, 0) is 30.2 Å². The van der Waals surface area contributed by atoms with Gasteiger partial charge in [-0.2, -0.15) is 5.10 Å². The molecule has 0 radical (unpaired) electrons. The van der Waals surface area contributed by atoms with Crippen LogP contribution in [0.15, 0.2) is 35.1 Å². The van der Waals surface area contributed by atoms with Gasteiger partial charge < -0.3 is 10.3 Å². The van der Waals surface area contributed by atoms with Gasteiger partial charge in [0.2, 0.25) is 0 Å². The van der Waals surface area contributed by atoms with Gasteiger partial charge in [0.25, 0.3) is 0 Å². The standard InChI is InChI=1S/C12H12N4O.C2H6/c1-8-5-9(7-16-4-2-3-14-16)6-10-11(8)12(13)15-17-10;1-2/h2-6H,7H2,1H3,(H2,13,15);1-2H3. The minimum absolute atomic E-state index is 0.447. The smallest absolute Gasteiger partial charge is 0.175 e. The van der Waals surface area contributed by atoms with Crippen molar-refractivity contribution in [2.24, 2.45) is 0 Å². The average Bonchev–Trinajstić information content (AvgIpc) is 3.02. The minimum atomic E-state index is 0.447. The number of hydrogen-bond donors (Lipinski definition) is 1. The number of nitrogens with zero attached hydrogens (tertiary/aromatic N) is 3. The molecule has 0 aliphatic carbocycles. The second kappa shape index (κ2) is 5.56. The van der Waals surface area contributed by atoms with E-state index >= 15 is 0 Å². The van der Waals surface area contributed by atoms with Crippen LogP contribution in [-0.2, 0) is 6.54 Å². The molecule has 2 heterocycles. The third-order valence-electron chi connectivity index (χ3n) is 2.76. The van der Waals surface area contributed by atoms with Crippen LogP contribution in [0, 0.1) is 6.92 Å². The molecule has 0 saturated heterocycles. The van der Waals surface area contributed by atoms with Gasteiger partial charge in [-0.3, -0.25) is 4.68 Å². The van der Waals surface area contributed by atoms with E-state index in [2.05, 4.69) is 16.3 Å². The molecule has 0 unspecified atom stereocenters. The normalized spacial score (nSPS) is 10.3. The van der Waals surface area contributed by atoms with Crippen LogP contribution in [-0.4, -0.2) is 14.9 Å². The van der Waals surface area contributed by atoms with Crippen molar-refractivity contribution in [3.8, 4) is 0 Å². The zero-order valence-electron chi connectivity index (χ0n) is 11.4. The molecule has 5 nitrogen and oxygen atoms in total. The van der Waals surface area contributed by atoms with Crippen molar-refractivity contribution >= 4 is 16.8 Å². The molecule has 0 aliphatic heterocycles. The van der Waals surface area contributed by atoms with Crippen LogP contribution in [0.25, 0.3) is 11.0 Å². The van der Waals surface area contributed by atoms with E-state index in [1.807, 2.05) is 43.8 Å². The topological polar surface area (TPSA) is 69.9 Å². The molecule has 3 aromatic rings. The fourth-order valence-corrected chi connectivity index (χ4v) is 2.04. The number of nitrogen functional groups attached to an aromatic ring is 1. The summed E-state index contributed by atoms with van der Waals surface area (Å²) in [5.41, 5.74) is 8.66. The zero-order valence-corrected chi connectivity index (χ0v) is 11.4. The highest BCUT2D eigenvalue weighted by Gasteiger charge is 2.09.